The molecule has 5 heavy (non-hydrogen) atoms. The minimum atomic E-state index is 0.847. The number of hydrogen-bond donors (Lipinski definition) is 1. The minimum absolute atomic E-state index is 0.847. The van der Waals surface area contributed by atoms with Crippen LogP contribution in [0, 0.1) is 0 Å². The first kappa shape index (κ1) is 3.08. The molecule has 1 aliphatic rings. The molecule has 3 nitrogen and oxygen atoms in total. The summed E-state index contributed by atoms with van der Waals surface area (Å²) in [6, 6.07) is 0. The van der Waals surface area contributed by atoms with E-state index < -0.39 is 0 Å². The lowest BCUT2D eigenvalue weighted by molar-refractivity contribution is 0.565. The second-order valence-electron chi connectivity index (χ2n) is 0.873. The van der Waals surface area contributed by atoms with Gasteiger partial charge in [0, 0.05) is 13.1 Å². The molecule has 28 valence electrons. The van der Waals surface area contributed by atoms with Crippen molar-refractivity contribution in [2.24, 2.45) is 0 Å². The highest BCUT2D eigenvalue weighted by molar-refractivity contribution is 4.45. The molecule has 2 radical (unpaired) electrons. The van der Waals surface area contributed by atoms with Crippen molar-refractivity contribution < 1.29 is 0 Å². The molecule has 0 aliphatic carbocycles. The van der Waals surface area contributed by atoms with Gasteiger partial charge in [-0.1, -0.05) is 5.53 Å². The van der Waals surface area contributed by atoms with Crippen LogP contribution in [-0.2, 0) is 0 Å². The van der Waals surface area contributed by atoms with Gasteiger partial charge in [0.1, 0.15) is 0 Å². The monoisotopic (exact) mass is 71.0 g/mol. The molecule has 1 aliphatic heterocycles. The summed E-state index contributed by atoms with van der Waals surface area (Å²) in [5.74, 6) is 0. The van der Waals surface area contributed by atoms with Crippen LogP contribution in [-0.4, -0.2) is 13.1 Å². The average Bonchev–Trinajstić information content (AvgIpc) is 1.76. The van der Waals surface area contributed by atoms with E-state index >= 15 is 0 Å². The lowest BCUT2D eigenvalue weighted by atomic mass is 10.7. The standard InChI is InChI=1S/C2H5N3/c1-2-4-5-3-1/h3H,1-2H2. The van der Waals surface area contributed by atoms with Crippen molar-refractivity contribution in [2.75, 3.05) is 13.1 Å². The van der Waals surface area contributed by atoms with Crippen LogP contribution >= 0.6 is 0 Å². The van der Waals surface area contributed by atoms with Gasteiger partial charge < -0.3 is 0 Å². The molecule has 0 aromatic heterocycles. The fourth-order valence-electron chi connectivity index (χ4n) is 0.250. The van der Waals surface area contributed by atoms with Crippen LogP contribution < -0.4 is 16.4 Å². The topological polar surface area (TPSA) is 40.2 Å². The maximum atomic E-state index is 3.60. The first-order valence-corrected chi connectivity index (χ1v) is 1.59. The van der Waals surface area contributed by atoms with Gasteiger partial charge in [0.15, 0.2) is 0 Å². The van der Waals surface area contributed by atoms with Crippen LogP contribution in [0.4, 0.5) is 0 Å². The van der Waals surface area contributed by atoms with E-state index in [0.717, 1.165) is 13.1 Å². The molecule has 1 saturated heterocycles. The molecule has 0 saturated carbocycles. The zero-order valence-electron chi connectivity index (χ0n) is 2.81. The minimum Gasteiger partial charge on any atom is -0.222 e. The van der Waals surface area contributed by atoms with E-state index in [2.05, 4.69) is 16.4 Å². The Balaban J connectivity index is 2.08. The fraction of sp³-hybridized carbons (Fsp3) is 1.00. The third-order valence-corrected chi connectivity index (χ3v) is 0.465. The van der Waals surface area contributed by atoms with Crippen LogP contribution in [0.2, 0.25) is 0 Å². The number of rotatable bonds is 0. The van der Waals surface area contributed by atoms with Crippen molar-refractivity contribution in [1.82, 2.24) is 16.4 Å². The van der Waals surface area contributed by atoms with E-state index in [9.17, 15) is 0 Å². The molecule has 0 bridgehead atoms. The molecule has 0 aromatic carbocycles. The van der Waals surface area contributed by atoms with Gasteiger partial charge in [-0.25, -0.2) is 5.43 Å². The largest absolute Gasteiger partial charge is 0.222 e. The van der Waals surface area contributed by atoms with E-state index in [1.807, 2.05) is 0 Å². The SMILES string of the molecule is C1CN[N][N]1. The Morgan fingerprint density at radius 2 is 2.60 bits per heavy atom. The van der Waals surface area contributed by atoms with Gasteiger partial charge in [0.05, 0.1) is 0 Å². The Labute approximate surface area is 30.7 Å². The lowest BCUT2D eigenvalue weighted by Crippen LogP contribution is -2.15. The van der Waals surface area contributed by atoms with Crippen LogP contribution in [0.15, 0.2) is 0 Å². The third-order valence-electron chi connectivity index (χ3n) is 0.465. The van der Waals surface area contributed by atoms with Gasteiger partial charge in [-0.2, -0.15) is 0 Å². The molecular formula is C2H5N3. The van der Waals surface area contributed by atoms with E-state index in [0.29, 0.717) is 0 Å². The molecular weight excluding hydrogens is 66.0 g/mol. The molecule has 0 amide bonds. The molecule has 1 N–H and O–H groups in total. The molecule has 0 aromatic rings. The zero-order chi connectivity index (χ0) is 3.54. The highest BCUT2D eigenvalue weighted by Gasteiger charge is 1.94. The van der Waals surface area contributed by atoms with Crippen molar-refractivity contribution in [3.05, 3.63) is 0 Å². The van der Waals surface area contributed by atoms with Crippen molar-refractivity contribution >= 4 is 0 Å². The predicted octanol–water partition coefficient (Wildman–Crippen LogP) is -1.37. The highest BCUT2D eigenvalue weighted by atomic mass is 15.6. The molecule has 1 fully saturated rings. The Hall–Kier alpha value is -0.120. The van der Waals surface area contributed by atoms with Gasteiger partial charge in [-0.15, -0.1) is 5.43 Å². The number of nitrogens with one attached hydrogen (secondary N) is 1. The third kappa shape index (κ3) is 0.576. The van der Waals surface area contributed by atoms with Gasteiger partial charge in [0.2, 0.25) is 0 Å². The van der Waals surface area contributed by atoms with E-state index in [1.165, 1.54) is 0 Å². The summed E-state index contributed by atoms with van der Waals surface area (Å²) in [4.78, 5) is 0. The second-order valence-corrected chi connectivity index (χ2v) is 0.873. The number of hydrogen-bond acceptors (Lipinski definition) is 1. The van der Waals surface area contributed by atoms with Crippen LogP contribution in [0.1, 0.15) is 0 Å². The molecule has 0 atom stereocenters. The smallest absolute Gasteiger partial charge is 0.0477 e. The van der Waals surface area contributed by atoms with Crippen LogP contribution in [0.25, 0.3) is 0 Å². The van der Waals surface area contributed by atoms with Crippen LogP contribution in [0.3, 0.4) is 0 Å². The summed E-state index contributed by atoms with van der Waals surface area (Å²) >= 11 is 0. The van der Waals surface area contributed by atoms with Crippen molar-refractivity contribution in [3.63, 3.8) is 0 Å². The molecule has 3 heteroatoms. The number of nitrogens with zero attached hydrogens (tertiary/aromatic N) is 2. The molecule has 1 heterocycles. The summed E-state index contributed by atoms with van der Waals surface area (Å²) in [6.07, 6.45) is 0. The van der Waals surface area contributed by atoms with E-state index in [-0.39, 0.29) is 0 Å². The Morgan fingerprint density at radius 3 is 2.80 bits per heavy atom. The highest BCUT2D eigenvalue weighted by Crippen LogP contribution is 1.61. The Kier molecular flexibility index (Phi) is 0.834. The summed E-state index contributed by atoms with van der Waals surface area (Å²) in [6.45, 7) is 1.76. The van der Waals surface area contributed by atoms with Crippen molar-refractivity contribution in [2.45, 2.75) is 0 Å². The van der Waals surface area contributed by atoms with Crippen LogP contribution in [0.5, 0.6) is 0 Å². The van der Waals surface area contributed by atoms with Gasteiger partial charge >= 0.3 is 0 Å². The first-order valence-electron chi connectivity index (χ1n) is 1.59. The average molecular weight is 71.1 g/mol. The summed E-state index contributed by atoms with van der Waals surface area (Å²) in [5, 5.41) is 0. The predicted molar refractivity (Wildman–Crippen MR) is 17.1 cm³/mol. The quantitative estimate of drug-likeness (QED) is 0.376. The first-order chi connectivity index (χ1) is 2.50. The lowest BCUT2D eigenvalue weighted by Gasteiger charge is -1.74. The van der Waals surface area contributed by atoms with Gasteiger partial charge in [0.25, 0.3) is 0 Å². The fourth-order valence-corrected chi connectivity index (χ4v) is 0.250. The van der Waals surface area contributed by atoms with E-state index in [1.54, 1.807) is 0 Å². The van der Waals surface area contributed by atoms with Gasteiger partial charge in [-0.05, 0) is 0 Å². The summed E-state index contributed by atoms with van der Waals surface area (Å²) in [7, 11) is 0. The van der Waals surface area contributed by atoms with E-state index in [4.69, 9.17) is 0 Å². The maximum absolute atomic E-state index is 3.60. The zero-order valence-corrected chi connectivity index (χ0v) is 2.81. The van der Waals surface area contributed by atoms with Crippen molar-refractivity contribution in [3.8, 4) is 0 Å². The Bertz CT molecular complexity index is 16.5. The normalized spacial score (nSPS) is 24.0. The molecule has 1 rings (SSSR count). The van der Waals surface area contributed by atoms with Crippen molar-refractivity contribution in [1.29, 1.82) is 0 Å². The Morgan fingerprint density at radius 1 is 1.60 bits per heavy atom. The maximum Gasteiger partial charge on any atom is 0.0477 e. The summed E-state index contributed by atoms with van der Waals surface area (Å²) in [5.41, 5.74) is 9.74. The molecule has 0 spiro atoms. The van der Waals surface area contributed by atoms with Gasteiger partial charge in [-0.3, -0.25) is 0 Å². The molecule has 0 unspecified atom stereocenters. The summed E-state index contributed by atoms with van der Waals surface area (Å²) < 4.78 is 0. The second kappa shape index (κ2) is 1.35.